The number of nitrogens with one attached hydrogen (secondary N) is 1. The van der Waals surface area contributed by atoms with Crippen molar-refractivity contribution in [2.24, 2.45) is 0 Å². The van der Waals surface area contributed by atoms with Crippen molar-refractivity contribution in [1.29, 1.82) is 0 Å². The Morgan fingerprint density at radius 2 is 1.88 bits per heavy atom. The van der Waals surface area contributed by atoms with Crippen LogP contribution in [0.15, 0.2) is 77.2 Å². The molecule has 7 nitrogen and oxygen atoms in total. The maximum atomic E-state index is 12.9. The number of rotatable bonds is 5. The lowest BCUT2D eigenvalue weighted by Crippen LogP contribution is -2.28. The first-order valence-corrected chi connectivity index (χ1v) is 11.3. The zero-order chi connectivity index (χ0) is 22.9. The van der Waals surface area contributed by atoms with Gasteiger partial charge in [0.2, 0.25) is 5.91 Å². The first-order chi connectivity index (χ1) is 16.0. The third-order valence-electron chi connectivity index (χ3n) is 5.40. The Labute approximate surface area is 194 Å². The highest BCUT2D eigenvalue weighted by atomic mass is 32.1. The lowest BCUT2D eigenvalue weighted by molar-refractivity contribution is -0.116. The fraction of sp³-hybridized carbons (Fsp3) is 0.120. The van der Waals surface area contributed by atoms with E-state index in [1.807, 2.05) is 55.6 Å². The molecule has 5 aromatic rings. The number of hydrogen-bond acceptors (Lipinski definition) is 5. The van der Waals surface area contributed by atoms with E-state index < -0.39 is 0 Å². The molecular formula is C25H21N5O2S. The Morgan fingerprint density at radius 3 is 2.70 bits per heavy atom. The number of benzene rings is 2. The first-order valence-electron chi connectivity index (χ1n) is 10.5. The third kappa shape index (κ3) is 4.08. The fourth-order valence-electron chi connectivity index (χ4n) is 3.71. The summed E-state index contributed by atoms with van der Waals surface area (Å²) in [5.74, 6) is 0.194. The van der Waals surface area contributed by atoms with Gasteiger partial charge >= 0.3 is 0 Å². The summed E-state index contributed by atoms with van der Waals surface area (Å²) in [6, 6.07) is 19.5. The van der Waals surface area contributed by atoms with E-state index >= 15 is 0 Å². The van der Waals surface area contributed by atoms with Gasteiger partial charge in [0.15, 0.2) is 0 Å². The average molecular weight is 456 g/mol. The van der Waals surface area contributed by atoms with Crippen LogP contribution in [-0.2, 0) is 11.3 Å². The van der Waals surface area contributed by atoms with Crippen LogP contribution in [0.1, 0.15) is 11.1 Å². The molecule has 3 heterocycles. The molecule has 0 fully saturated rings. The Hall–Kier alpha value is -4.04. The van der Waals surface area contributed by atoms with Gasteiger partial charge in [0.05, 0.1) is 23.2 Å². The Morgan fingerprint density at radius 1 is 1.06 bits per heavy atom. The predicted molar refractivity (Wildman–Crippen MR) is 131 cm³/mol. The largest absolute Gasteiger partial charge is 0.309 e. The molecule has 1 amide bonds. The summed E-state index contributed by atoms with van der Waals surface area (Å²) < 4.78 is 3.57. The maximum Gasteiger partial charge on any atom is 0.271 e. The van der Waals surface area contributed by atoms with Crippen LogP contribution in [0.3, 0.4) is 0 Å². The zero-order valence-electron chi connectivity index (χ0n) is 18.1. The minimum absolute atomic E-state index is 0.140. The second kappa shape index (κ2) is 8.48. The number of aryl methyl sites for hydroxylation is 2. The van der Waals surface area contributed by atoms with Crippen molar-refractivity contribution in [2.45, 2.75) is 20.4 Å². The molecule has 0 aliphatic heterocycles. The number of amides is 1. The molecule has 0 aliphatic rings. The molecular weight excluding hydrogens is 434 g/mol. The smallest absolute Gasteiger partial charge is 0.271 e. The molecule has 0 aliphatic carbocycles. The number of fused-ring (bicyclic) bond motifs is 1. The molecule has 8 heteroatoms. The van der Waals surface area contributed by atoms with E-state index in [1.165, 1.54) is 22.2 Å². The van der Waals surface area contributed by atoms with Gasteiger partial charge in [0, 0.05) is 11.6 Å². The highest BCUT2D eigenvalue weighted by Gasteiger charge is 2.16. The van der Waals surface area contributed by atoms with Gasteiger partial charge in [-0.25, -0.2) is 9.67 Å². The highest BCUT2D eigenvalue weighted by molar-refractivity contribution is 7.17. The van der Waals surface area contributed by atoms with Gasteiger partial charge < -0.3 is 5.32 Å². The summed E-state index contributed by atoms with van der Waals surface area (Å²) in [5, 5.41) is 9.53. The Balaban J connectivity index is 1.50. The summed E-state index contributed by atoms with van der Waals surface area (Å²) in [6.45, 7) is 3.93. The van der Waals surface area contributed by atoms with Crippen LogP contribution in [0.4, 0.5) is 5.82 Å². The third-order valence-corrected chi connectivity index (χ3v) is 6.29. The summed E-state index contributed by atoms with van der Waals surface area (Å²) in [4.78, 5) is 29.8. The van der Waals surface area contributed by atoms with Crippen LogP contribution < -0.4 is 10.9 Å². The molecule has 0 saturated carbocycles. The number of hydrogen-bond donors (Lipinski definition) is 1. The fourth-order valence-corrected chi connectivity index (χ4v) is 4.50. The number of carbonyl (C=O) groups is 1. The van der Waals surface area contributed by atoms with Crippen LogP contribution >= 0.6 is 11.3 Å². The number of anilines is 1. The van der Waals surface area contributed by atoms with E-state index in [1.54, 1.807) is 10.7 Å². The molecule has 33 heavy (non-hydrogen) atoms. The van der Waals surface area contributed by atoms with Crippen molar-refractivity contribution < 1.29 is 4.79 Å². The standard InChI is InChI=1S/C25H21N5O2S/c1-16-8-9-17(2)19(12-16)21-13-22(30(28-21)18-6-4-3-5-7-18)27-23(31)14-29-15-26-20-10-11-33-24(20)25(29)32/h3-13,15H,14H2,1-2H3,(H,27,31). The van der Waals surface area contributed by atoms with Crippen molar-refractivity contribution in [3.63, 3.8) is 0 Å². The van der Waals surface area contributed by atoms with Crippen LogP contribution in [0.25, 0.3) is 27.2 Å². The molecule has 0 spiro atoms. The van der Waals surface area contributed by atoms with Gasteiger partial charge in [0.1, 0.15) is 17.1 Å². The molecule has 2 aromatic carbocycles. The number of carbonyl (C=O) groups excluding carboxylic acids is 1. The van der Waals surface area contributed by atoms with Crippen molar-refractivity contribution in [2.75, 3.05) is 5.32 Å². The Bertz CT molecular complexity index is 1530. The minimum atomic E-state index is -0.334. The lowest BCUT2D eigenvalue weighted by atomic mass is 10.0. The van der Waals surface area contributed by atoms with Gasteiger partial charge in [-0.05, 0) is 49.1 Å². The first kappa shape index (κ1) is 20.8. The van der Waals surface area contributed by atoms with E-state index in [0.717, 1.165) is 28.1 Å². The summed E-state index contributed by atoms with van der Waals surface area (Å²) in [7, 11) is 0. The van der Waals surface area contributed by atoms with Crippen LogP contribution in [0.2, 0.25) is 0 Å². The van der Waals surface area contributed by atoms with Gasteiger partial charge in [-0.15, -0.1) is 11.3 Å². The van der Waals surface area contributed by atoms with Gasteiger partial charge in [-0.3, -0.25) is 14.2 Å². The second-order valence-electron chi connectivity index (χ2n) is 7.84. The number of thiophene rings is 1. The minimum Gasteiger partial charge on any atom is -0.309 e. The SMILES string of the molecule is Cc1ccc(C)c(-c2cc(NC(=O)Cn3cnc4ccsc4c3=O)n(-c3ccccc3)n2)c1. The molecule has 0 saturated heterocycles. The number of para-hydroxylation sites is 1. The molecule has 0 radical (unpaired) electrons. The summed E-state index contributed by atoms with van der Waals surface area (Å²) in [5.41, 5.74) is 5.23. The summed E-state index contributed by atoms with van der Waals surface area (Å²) >= 11 is 1.32. The molecule has 164 valence electrons. The van der Waals surface area contributed by atoms with Crippen molar-refractivity contribution in [1.82, 2.24) is 19.3 Å². The monoisotopic (exact) mass is 455 g/mol. The molecule has 1 N–H and O–H groups in total. The summed E-state index contributed by atoms with van der Waals surface area (Å²) in [6.07, 6.45) is 1.41. The van der Waals surface area contributed by atoms with Crippen LogP contribution in [-0.4, -0.2) is 25.2 Å². The Kier molecular flexibility index (Phi) is 5.35. The van der Waals surface area contributed by atoms with Gasteiger partial charge in [-0.1, -0.05) is 35.9 Å². The molecule has 5 rings (SSSR count). The van der Waals surface area contributed by atoms with Crippen molar-refractivity contribution in [3.8, 4) is 16.9 Å². The van der Waals surface area contributed by atoms with Crippen molar-refractivity contribution in [3.05, 3.63) is 93.9 Å². The normalized spacial score (nSPS) is 11.1. The van der Waals surface area contributed by atoms with Gasteiger partial charge in [-0.2, -0.15) is 5.10 Å². The predicted octanol–water partition coefficient (Wildman–Crippen LogP) is 4.57. The van der Waals surface area contributed by atoms with Crippen molar-refractivity contribution >= 4 is 33.3 Å². The van der Waals surface area contributed by atoms with Crippen LogP contribution in [0.5, 0.6) is 0 Å². The number of aromatic nitrogens is 4. The number of nitrogens with zero attached hydrogens (tertiary/aromatic N) is 4. The average Bonchev–Trinajstić information content (AvgIpc) is 3.46. The van der Waals surface area contributed by atoms with Gasteiger partial charge in [0.25, 0.3) is 5.56 Å². The molecule has 0 bridgehead atoms. The molecule has 3 aromatic heterocycles. The second-order valence-corrected chi connectivity index (χ2v) is 8.76. The quantitative estimate of drug-likeness (QED) is 0.421. The van der Waals surface area contributed by atoms with E-state index in [9.17, 15) is 9.59 Å². The molecule has 0 atom stereocenters. The zero-order valence-corrected chi connectivity index (χ0v) is 19.0. The van der Waals surface area contributed by atoms with E-state index in [0.29, 0.717) is 16.0 Å². The lowest BCUT2D eigenvalue weighted by Gasteiger charge is -2.09. The highest BCUT2D eigenvalue weighted by Crippen LogP contribution is 2.28. The van der Waals surface area contributed by atoms with E-state index in [2.05, 4.69) is 28.5 Å². The van der Waals surface area contributed by atoms with E-state index in [-0.39, 0.29) is 18.0 Å². The van der Waals surface area contributed by atoms with E-state index in [4.69, 9.17) is 5.10 Å². The molecule has 0 unspecified atom stereocenters. The van der Waals surface area contributed by atoms with Crippen LogP contribution in [0, 0.1) is 13.8 Å². The maximum absolute atomic E-state index is 12.9. The topological polar surface area (TPSA) is 81.8 Å².